The Morgan fingerprint density at radius 1 is 1.19 bits per heavy atom. The topological polar surface area (TPSA) is 93.6 Å². The number of H-pyrrole nitrogens is 1. The molecule has 1 aromatic heterocycles. The number of amides is 1. The standard InChI is InChI=1S/C20H19N5O/c1-12-6-13(2)19(14(3)7-12)24-20(26)16(9-21)10-22-17-5-4-15-11-23-25-18(15)8-17/h4-8,10-11,22H,1-3H3,(H,23,25)(H,24,26)/b16-10-. The molecule has 3 aromatic rings. The molecule has 0 aliphatic carbocycles. The van der Waals surface area contributed by atoms with Crippen molar-refractivity contribution in [1.82, 2.24) is 10.2 Å². The molecule has 0 unspecified atom stereocenters. The maximum Gasteiger partial charge on any atom is 0.267 e. The van der Waals surface area contributed by atoms with Gasteiger partial charge in [0.1, 0.15) is 11.6 Å². The number of carbonyl (C=O) groups excluding carboxylic acids is 1. The zero-order valence-corrected chi connectivity index (χ0v) is 14.8. The van der Waals surface area contributed by atoms with Crippen molar-refractivity contribution >= 4 is 28.2 Å². The van der Waals surface area contributed by atoms with Gasteiger partial charge in [-0.1, -0.05) is 17.7 Å². The van der Waals surface area contributed by atoms with Gasteiger partial charge in [-0.05, 0) is 50.1 Å². The van der Waals surface area contributed by atoms with Gasteiger partial charge in [-0.2, -0.15) is 10.4 Å². The van der Waals surface area contributed by atoms with E-state index in [1.807, 2.05) is 57.2 Å². The largest absolute Gasteiger partial charge is 0.360 e. The summed E-state index contributed by atoms with van der Waals surface area (Å²) in [4.78, 5) is 12.5. The molecule has 3 N–H and O–H groups in total. The molecule has 0 bridgehead atoms. The molecule has 0 fully saturated rings. The van der Waals surface area contributed by atoms with Crippen molar-refractivity contribution in [3.05, 3.63) is 65.0 Å². The third-order valence-electron chi connectivity index (χ3n) is 4.11. The molecule has 0 radical (unpaired) electrons. The maximum absolute atomic E-state index is 12.5. The van der Waals surface area contributed by atoms with E-state index in [0.717, 1.165) is 39.0 Å². The molecule has 0 atom stereocenters. The molecule has 0 aliphatic rings. The Bertz CT molecular complexity index is 1030. The molecule has 2 aromatic carbocycles. The lowest BCUT2D eigenvalue weighted by Gasteiger charge is -2.12. The van der Waals surface area contributed by atoms with E-state index in [1.165, 1.54) is 6.20 Å². The second-order valence-corrected chi connectivity index (χ2v) is 6.21. The van der Waals surface area contributed by atoms with Gasteiger partial charge in [-0.25, -0.2) is 0 Å². The quantitative estimate of drug-likeness (QED) is 0.493. The molecule has 0 saturated carbocycles. The number of benzene rings is 2. The predicted molar refractivity (Wildman–Crippen MR) is 103 cm³/mol. The molecule has 0 spiro atoms. The van der Waals surface area contributed by atoms with E-state index in [0.29, 0.717) is 0 Å². The number of nitriles is 1. The highest BCUT2D eigenvalue weighted by Gasteiger charge is 2.12. The number of rotatable bonds is 4. The first-order valence-corrected chi connectivity index (χ1v) is 8.17. The fourth-order valence-corrected chi connectivity index (χ4v) is 2.89. The molecule has 0 saturated heterocycles. The van der Waals surface area contributed by atoms with Crippen LogP contribution in [-0.4, -0.2) is 16.1 Å². The van der Waals surface area contributed by atoms with Gasteiger partial charge in [0.2, 0.25) is 0 Å². The van der Waals surface area contributed by atoms with Crippen LogP contribution in [0, 0.1) is 32.1 Å². The van der Waals surface area contributed by atoms with Gasteiger partial charge < -0.3 is 10.6 Å². The summed E-state index contributed by atoms with van der Waals surface area (Å²) in [5, 5.41) is 23.0. The maximum atomic E-state index is 12.5. The van der Waals surface area contributed by atoms with E-state index in [-0.39, 0.29) is 5.57 Å². The number of aromatic amines is 1. The molecule has 1 amide bonds. The van der Waals surface area contributed by atoms with Crippen molar-refractivity contribution in [2.45, 2.75) is 20.8 Å². The number of nitrogens with one attached hydrogen (secondary N) is 3. The lowest BCUT2D eigenvalue weighted by atomic mass is 10.0. The fraction of sp³-hybridized carbons (Fsp3) is 0.150. The Hall–Kier alpha value is -3.59. The number of anilines is 2. The number of hydrogen-bond acceptors (Lipinski definition) is 4. The minimum absolute atomic E-state index is 0.00548. The first-order chi connectivity index (χ1) is 12.5. The summed E-state index contributed by atoms with van der Waals surface area (Å²) in [5.41, 5.74) is 5.42. The summed E-state index contributed by atoms with van der Waals surface area (Å²) in [7, 11) is 0. The normalized spacial score (nSPS) is 11.2. The van der Waals surface area contributed by atoms with Crippen LogP contribution in [0.2, 0.25) is 0 Å². The van der Waals surface area contributed by atoms with E-state index in [1.54, 1.807) is 6.20 Å². The van der Waals surface area contributed by atoms with Crippen molar-refractivity contribution in [1.29, 1.82) is 5.26 Å². The zero-order chi connectivity index (χ0) is 18.7. The number of fused-ring (bicyclic) bond motifs is 1. The van der Waals surface area contributed by atoms with Crippen LogP contribution in [0.25, 0.3) is 10.9 Å². The highest BCUT2D eigenvalue weighted by molar-refractivity contribution is 6.07. The summed E-state index contributed by atoms with van der Waals surface area (Å²) >= 11 is 0. The van der Waals surface area contributed by atoms with Crippen LogP contribution < -0.4 is 10.6 Å². The lowest BCUT2D eigenvalue weighted by Crippen LogP contribution is -2.16. The number of aromatic nitrogens is 2. The molecular formula is C20H19N5O. The van der Waals surface area contributed by atoms with Crippen molar-refractivity contribution in [2.75, 3.05) is 10.6 Å². The van der Waals surface area contributed by atoms with Gasteiger partial charge >= 0.3 is 0 Å². The van der Waals surface area contributed by atoms with Crippen molar-refractivity contribution in [3.63, 3.8) is 0 Å². The number of nitrogens with zero attached hydrogens (tertiary/aromatic N) is 2. The smallest absolute Gasteiger partial charge is 0.267 e. The van der Waals surface area contributed by atoms with Crippen molar-refractivity contribution < 1.29 is 4.79 Å². The van der Waals surface area contributed by atoms with Crippen LogP contribution >= 0.6 is 0 Å². The van der Waals surface area contributed by atoms with Gasteiger partial charge in [0, 0.05) is 23.0 Å². The van der Waals surface area contributed by atoms with Crippen LogP contribution in [0.5, 0.6) is 0 Å². The Labute approximate surface area is 151 Å². The van der Waals surface area contributed by atoms with E-state index in [9.17, 15) is 10.1 Å². The van der Waals surface area contributed by atoms with Gasteiger partial charge in [0.15, 0.2) is 0 Å². The number of hydrogen-bond donors (Lipinski definition) is 3. The molecule has 6 heteroatoms. The summed E-state index contributed by atoms with van der Waals surface area (Å²) in [5.74, 6) is -0.447. The van der Waals surface area contributed by atoms with E-state index in [4.69, 9.17) is 0 Å². The van der Waals surface area contributed by atoms with Crippen LogP contribution in [0.15, 0.2) is 48.3 Å². The summed E-state index contributed by atoms with van der Waals surface area (Å²) < 4.78 is 0. The SMILES string of the molecule is Cc1cc(C)c(NC(=O)/C(C#N)=C\Nc2ccc3cn[nH]c3c2)c(C)c1. The number of carbonyl (C=O) groups is 1. The highest BCUT2D eigenvalue weighted by Crippen LogP contribution is 2.22. The molecule has 3 rings (SSSR count). The zero-order valence-electron chi connectivity index (χ0n) is 14.8. The van der Waals surface area contributed by atoms with Crippen LogP contribution in [0.3, 0.4) is 0 Å². The van der Waals surface area contributed by atoms with Gasteiger partial charge in [0.05, 0.1) is 11.7 Å². The van der Waals surface area contributed by atoms with Crippen molar-refractivity contribution in [3.8, 4) is 6.07 Å². The monoisotopic (exact) mass is 345 g/mol. The van der Waals surface area contributed by atoms with Crippen LogP contribution in [-0.2, 0) is 4.79 Å². The van der Waals surface area contributed by atoms with E-state index in [2.05, 4.69) is 20.8 Å². The minimum Gasteiger partial charge on any atom is -0.360 e. The molecular weight excluding hydrogens is 326 g/mol. The Morgan fingerprint density at radius 3 is 2.62 bits per heavy atom. The molecule has 1 heterocycles. The summed E-state index contributed by atoms with van der Waals surface area (Å²) in [6, 6.07) is 11.6. The summed E-state index contributed by atoms with van der Waals surface area (Å²) in [6.45, 7) is 5.87. The minimum atomic E-state index is -0.447. The first kappa shape index (κ1) is 17.2. The summed E-state index contributed by atoms with van der Waals surface area (Å²) in [6.07, 6.45) is 3.14. The second kappa shape index (κ2) is 7.11. The fourth-order valence-electron chi connectivity index (χ4n) is 2.89. The third-order valence-corrected chi connectivity index (χ3v) is 4.11. The van der Waals surface area contributed by atoms with Crippen LogP contribution in [0.4, 0.5) is 11.4 Å². The highest BCUT2D eigenvalue weighted by atomic mass is 16.1. The van der Waals surface area contributed by atoms with Crippen LogP contribution in [0.1, 0.15) is 16.7 Å². The van der Waals surface area contributed by atoms with E-state index < -0.39 is 5.91 Å². The van der Waals surface area contributed by atoms with Gasteiger partial charge in [-0.15, -0.1) is 0 Å². The van der Waals surface area contributed by atoms with Crippen molar-refractivity contribution in [2.24, 2.45) is 0 Å². The average molecular weight is 345 g/mol. The number of aryl methyl sites for hydroxylation is 3. The Morgan fingerprint density at radius 2 is 1.92 bits per heavy atom. The second-order valence-electron chi connectivity index (χ2n) is 6.21. The molecule has 0 aliphatic heterocycles. The van der Waals surface area contributed by atoms with Gasteiger partial charge in [-0.3, -0.25) is 9.89 Å². The molecule has 130 valence electrons. The Kier molecular flexibility index (Phi) is 4.72. The molecule has 6 nitrogen and oxygen atoms in total. The first-order valence-electron chi connectivity index (χ1n) is 8.17. The average Bonchev–Trinajstić information content (AvgIpc) is 3.06. The Balaban J connectivity index is 1.78. The van der Waals surface area contributed by atoms with Gasteiger partial charge in [0.25, 0.3) is 5.91 Å². The predicted octanol–water partition coefficient (Wildman–Crippen LogP) is 3.95. The van der Waals surface area contributed by atoms with E-state index >= 15 is 0 Å². The lowest BCUT2D eigenvalue weighted by molar-refractivity contribution is -0.112. The molecule has 26 heavy (non-hydrogen) atoms. The third kappa shape index (κ3) is 3.57.